The van der Waals surface area contributed by atoms with E-state index < -0.39 is 16.3 Å². The highest BCUT2D eigenvalue weighted by Gasteiger charge is 2.24. The SMILES string of the molecule is COc1ccc(C(O)CN(C)S(=O)(=O)N(C)C)cc1OC. The fourth-order valence-corrected chi connectivity index (χ4v) is 2.67. The summed E-state index contributed by atoms with van der Waals surface area (Å²) in [6.45, 7) is -0.0595. The van der Waals surface area contributed by atoms with Gasteiger partial charge in [0, 0.05) is 27.7 Å². The molecule has 0 fully saturated rings. The fraction of sp³-hybridized carbons (Fsp3) is 0.538. The number of hydrogen-bond donors (Lipinski definition) is 1. The van der Waals surface area contributed by atoms with Gasteiger partial charge in [0.2, 0.25) is 0 Å². The molecule has 0 aliphatic rings. The number of likely N-dealkylation sites (N-methyl/N-ethyl adjacent to an activating group) is 1. The first kappa shape index (κ1) is 17.7. The van der Waals surface area contributed by atoms with E-state index in [1.165, 1.54) is 35.4 Å². The molecule has 0 heterocycles. The van der Waals surface area contributed by atoms with Crippen molar-refractivity contribution >= 4 is 10.2 Å². The van der Waals surface area contributed by atoms with Gasteiger partial charge in [-0.2, -0.15) is 17.0 Å². The lowest BCUT2D eigenvalue weighted by Crippen LogP contribution is -2.39. The number of aliphatic hydroxyl groups excluding tert-OH is 1. The van der Waals surface area contributed by atoms with E-state index >= 15 is 0 Å². The van der Waals surface area contributed by atoms with Crippen molar-refractivity contribution in [1.29, 1.82) is 0 Å². The number of nitrogens with zero attached hydrogens (tertiary/aromatic N) is 2. The van der Waals surface area contributed by atoms with Crippen LogP contribution in [0.3, 0.4) is 0 Å². The normalized spacial score (nSPS) is 13.5. The average Bonchev–Trinajstić information content (AvgIpc) is 2.45. The number of hydrogen-bond acceptors (Lipinski definition) is 5. The molecule has 0 aliphatic carbocycles. The summed E-state index contributed by atoms with van der Waals surface area (Å²) in [6.07, 6.45) is -0.968. The van der Waals surface area contributed by atoms with Crippen LogP contribution in [0.5, 0.6) is 11.5 Å². The van der Waals surface area contributed by atoms with Gasteiger partial charge in [-0.3, -0.25) is 0 Å². The molecule has 1 atom stereocenters. The van der Waals surface area contributed by atoms with E-state index in [0.29, 0.717) is 17.1 Å². The van der Waals surface area contributed by atoms with Crippen LogP contribution in [0.2, 0.25) is 0 Å². The summed E-state index contributed by atoms with van der Waals surface area (Å²) < 4.78 is 36.3. The van der Waals surface area contributed by atoms with Crippen LogP contribution in [0.4, 0.5) is 0 Å². The number of methoxy groups -OCH3 is 2. The molecular formula is C13H22N2O5S. The smallest absolute Gasteiger partial charge is 0.281 e. The van der Waals surface area contributed by atoms with Crippen LogP contribution in [0.15, 0.2) is 18.2 Å². The first-order valence-electron chi connectivity index (χ1n) is 6.27. The van der Waals surface area contributed by atoms with Gasteiger partial charge in [0.1, 0.15) is 0 Å². The maximum atomic E-state index is 11.9. The minimum atomic E-state index is -3.56. The summed E-state index contributed by atoms with van der Waals surface area (Å²) in [5.74, 6) is 1.02. The zero-order valence-corrected chi connectivity index (χ0v) is 13.7. The van der Waals surface area contributed by atoms with Gasteiger partial charge in [0.15, 0.2) is 11.5 Å². The van der Waals surface area contributed by atoms with E-state index in [4.69, 9.17) is 9.47 Å². The largest absolute Gasteiger partial charge is 0.493 e. The maximum absolute atomic E-state index is 11.9. The molecular weight excluding hydrogens is 296 g/mol. The Kier molecular flexibility index (Phi) is 5.97. The first-order valence-corrected chi connectivity index (χ1v) is 7.67. The third kappa shape index (κ3) is 4.07. The number of aliphatic hydroxyl groups is 1. The Morgan fingerprint density at radius 3 is 2.19 bits per heavy atom. The standard InChI is InChI=1S/C13H22N2O5S/c1-14(2)21(17,18)15(3)9-11(16)10-6-7-12(19-4)13(8-10)20-5/h6-8,11,16H,9H2,1-5H3. The van der Waals surface area contributed by atoms with Crippen LogP contribution in [-0.4, -0.2) is 64.0 Å². The lowest BCUT2D eigenvalue weighted by atomic mass is 10.1. The van der Waals surface area contributed by atoms with E-state index in [0.717, 1.165) is 8.61 Å². The van der Waals surface area contributed by atoms with Crippen molar-refractivity contribution in [2.24, 2.45) is 0 Å². The second-order valence-electron chi connectivity index (χ2n) is 4.70. The van der Waals surface area contributed by atoms with E-state index in [1.807, 2.05) is 0 Å². The molecule has 0 saturated heterocycles. The van der Waals surface area contributed by atoms with Crippen LogP contribution in [0, 0.1) is 0 Å². The molecule has 8 heteroatoms. The summed E-state index contributed by atoms with van der Waals surface area (Å²) in [4.78, 5) is 0. The topological polar surface area (TPSA) is 79.3 Å². The second kappa shape index (κ2) is 7.08. The molecule has 7 nitrogen and oxygen atoms in total. The Balaban J connectivity index is 2.92. The quantitative estimate of drug-likeness (QED) is 0.791. The zero-order valence-electron chi connectivity index (χ0n) is 12.9. The van der Waals surface area contributed by atoms with Crippen molar-refractivity contribution in [2.75, 3.05) is 41.9 Å². The van der Waals surface area contributed by atoms with Gasteiger partial charge in [-0.05, 0) is 17.7 Å². The molecule has 0 radical (unpaired) electrons. The summed E-state index contributed by atoms with van der Waals surface area (Å²) in [5.41, 5.74) is 0.549. The van der Waals surface area contributed by atoms with Gasteiger partial charge in [0.05, 0.1) is 20.3 Å². The maximum Gasteiger partial charge on any atom is 0.281 e. The average molecular weight is 318 g/mol. The van der Waals surface area contributed by atoms with E-state index in [9.17, 15) is 13.5 Å². The fourth-order valence-electron chi connectivity index (χ4n) is 1.78. The zero-order chi connectivity index (χ0) is 16.2. The van der Waals surface area contributed by atoms with E-state index in [-0.39, 0.29) is 6.54 Å². The Hall–Kier alpha value is -1.35. The number of benzene rings is 1. The Bertz CT molecular complexity index is 574. The Labute approximate surface area is 125 Å². The molecule has 1 aromatic carbocycles. The Morgan fingerprint density at radius 1 is 1.14 bits per heavy atom. The van der Waals surface area contributed by atoms with Gasteiger partial charge in [-0.15, -0.1) is 0 Å². The van der Waals surface area contributed by atoms with Gasteiger partial charge in [-0.25, -0.2) is 0 Å². The molecule has 1 unspecified atom stereocenters. The Morgan fingerprint density at radius 2 is 1.71 bits per heavy atom. The van der Waals surface area contributed by atoms with Crippen LogP contribution >= 0.6 is 0 Å². The minimum absolute atomic E-state index is 0.0595. The van der Waals surface area contributed by atoms with E-state index in [2.05, 4.69) is 0 Å². The lowest BCUT2D eigenvalue weighted by molar-refractivity contribution is 0.152. The number of ether oxygens (including phenoxy) is 2. The van der Waals surface area contributed by atoms with Crippen molar-refractivity contribution in [2.45, 2.75) is 6.10 Å². The predicted octanol–water partition coefficient (Wildman–Crippen LogP) is 0.475. The molecule has 120 valence electrons. The van der Waals surface area contributed by atoms with Crippen molar-refractivity contribution in [1.82, 2.24) is 8.61 Å². The first-order chi connectivity index (χ1) is 9.73. The summed E-state index contributed by atoms with van der Waals surface area (Å²) >= 11 is 0. The van der Waals surface area contributed by atoms with Crippen LogP contribution < -0.4 is 9.47 Å². The minimum Gasteiger partial charge on any atom is -0.493 e. The molecule has 1 aromatic rings. The summed E-state index contributed by atoms with van der Waals surface area (Å²) in [7, 11) is 3.75. The van der Waals surface area contributed by atoms with Gasteiger partial charge in [0.25, 0.3) is 10.2 Å². The highest BCUT2D eigenvalue weighted by atomic mass is 32.2. The highest BCUT2D eigenvalue weighted by Crippen LogP contribution is 2.30. The predicted molar refractivity (Wildman–Crippen MR) is 79.7 cm³/mol. The lowest BCUT2D eigenvalue weighted by Gasteiger charge is -2.24. The molecule has 0 amide bonds. The molecule has 0 spiro atoms. The third-order valence-corrected chi connectivity index (χ3v) is 4.94. The summed E-state index contributed by atoms with van der Waals surface area (Å²) in [6, 6.07) is 4.96. The van der Waals surface area contributed by atoms with Crippen LogP contribution in [0.1, 0.15) is 11.7 Å². The van der Waals surface area contributed by atoms with Crippen molar-refractivity contribution in [3.63, 3.8) is 0 Å². The molecule has 21 heavy (non-hydrogen) atoms. The second-order valence-corrected chi connectivity index (χ2v) is 6.95. The molecule has 1 rings (SSSR count). The van der Waals surface area contributed by atoms with Crippen molar-refractivity contribution < 1.29 is 23.0 Å². The summed E-state index contributed by atoms with van der Waals surface area (Å²) in [5, 5.41) is 10.2. The number of rotatable bonds is 7. The van der Waals surface area contributed by atoms with Crippen LogP contribution in [-0.2, 0) is 10.2 Å². The highest BCUT2D eigenvalue weighted by molar-refractivity contribution is 7.86. The van der Waals surface area contributed by atoms with Gasteiger partial charge < -0.3 is 14.6 Å². The van der Waals surface area contributed by atoms with Crippen molar-refractivity contribution in [3.05, 3.63) is 23.8 Å². The third-order valence-electron chi connectivity index (χ3n) is 3.08. The van der Waals surface area contributed by atoms with Gasteiger partial charge in [-0.1, -0.05) is 6.07 Å². The molecule has 0 bridgehead atoms. The van der Waals surface area contributed by atoms with Crippen LogP contribution in [0.25, 0.3) is 0 Å². The van der Waals surface area contributed by atoms with Gasteiger partial charge >= 0.3 is 0 Å². The molecule has 0 aliphatic heterocycles. The molecule has 0 saturated carbocycles. The van der Waals surface area contributed by atoms with Crippen molar-refractivity contribution in [3.8, 4) is 11.5 Å². The monoisotopic (exact) mass is 318 g/mol. The molecule has 1 N–H and O–H groups in total. The van der Waals surface area contributed by atoms with E-state index in [1.54, 1.807) is 18.2 Å². The molecule has 0 aromatic heterocycles.